The SMILES string of the molecule is CC(C)CNC(=O)C(=Cc1ccc(F)cc1)NC(=O)c1ccccc1. The second-order valence-electron chi connectivity index (χ2n) is 6.03. The molecule has 0 unspecified atom stereocenters. The number of halogens is 1. The lowest BCUT2D eigenvalue weighted by Gasteiger charge is -2.12. The number of benzene rings is 2. The molecule has 0 heterocycles. The van der Waals surface area contributed by atoms with Gasteiger partial charge in [0, 0.05) is 12.1 Å². The maximum atomic E-state index is 13.1. The summed E-state index contributed by atoms with van der Waals surface area (Å²) in [5.74, 6) is -0.854. The quantitative estimate of drug-likeness (QED) is 0.792. The van der Waals surface area contributed by atoms with E-state index in [0.717, 1.165) is 0 Å². The third-order valence-electron chi connectivity index (χ3n) is 3.38. The van der Waals surface area contributed by atoms with Gasteiger partial charge in [-0.05, 0) is 41.8 Å². The Balaban J connectivity index is 2.23. The number of carbonyl (C=O) groups is 2. The van der Waals surface area contributed by atoms with Crippen molar-refractivity contribution >= 4 is 17.9 Å². The first kappa shape index (κ1) is 18.4. The molecule has 0 aliphatic carbocycles. The van der Waals surface area contributed by atoms with Crippen molar-refractivity contribution in [2.45, 2.75) is 13.8 Å². The van der Waals surface area contributed by atoms with Gasteiger partial charge in [-0.3, -0.25) is 9.59 Å². The van der Waals surface area contributed by atoms with E-state index in [2.05, 4.69) is 10.6 Å². The van der Waals surface area contributed by atoms with E-state index in [4.69, 9.17) is 0 Å². The first-order valence-corrected chi connectivity index (χ1v) is 8.07. The molecule has 0 radical (unpaired) electrons. The van der Waals surface area contributed by atoms with Crippen LogP contribution in [0.5, 0.6) is 0 Å². The van der Waals surface area contributed by atoms with Gasteiger partial charge in [0.15, 0.2) is 0 Å². The van der Waals surface area contributed by atoms with Crippen LogP contribution in [0.4, 0.5) is 4.39 Å². The van der Waals surface area contributed by atoms with Crippen LogP contribution in [-0.4, -0.2) is 18.4 Å². The van der Waals surface area contributed by atoms with Gasteiger partial charge < -0.3 is 10.6 Å². The van der Waals surface area contributed by atoms with Crippen LogP contribution in [0.15, 0.2) is 60.3 Å². The zero-order chi connectivity index (χ0) is 18.2. The lowest BCUT2D eigenvalue weighted by atomic mass is 10.1. The Morgan fingerprint density at radius 2 is 1.68 bits per heavy atom. The summed E-state index contributed by atoms with van der Waals surface area (Å²) in [6.07, 6.45) is 1.52. The van der Waals surface area contributed by atoms with Gasteiger partial charge in [-0.1, -0.05) is 44.2 Å². The van der Waals surface area contributed by atoms with Crippen LogP contribution in [0.1, 0.15) is 29.8 Å². The number of hydrogen-bond acceptors (Lipinski definition) is 2. The van der Waals surface area contributed by atoms with Crippen LogP contribution in [-0.2, 0) is 4.79 Å². The Hall–Kier alpha value is -2.95. The summed E-state index contributed by atoms with van der Waals surface area (Å²) >= 11 is 0. The second kappa shape index (κ2) is 8.78. The van der Waals surface area contributed by atoms with Crippen LogP contribution in [0.25, 0.3) is 6.08 Å². The maximum Gasteiger partial charge on any atom is 0.267 e. The summed E-state index contributed by atoms with van der Waals surface area (Å²) in [7, 11) is 0. The third-order valence-corrected chi connectivity index (χ3v) is 3.38. The molecule has 0 aromatic heterocycles. The highest BCUT2D eigenvalue weighted by Gasteiger charge is 2.14. The van der Waals surface area contributed by atoms with Crippen molar-refractivity contribution < 1.29 is 14.0 Å². The van der Waals surface area contributed by atoms with E-state index in [0.29, 0.717) is 17.7 Å². The zero-order valence-corrected chi connectivity index (χ0v) is 14.3. The van der Waals surface area contributed by atoms with Gasteiger partial charge in [0.1, 0.15) is 11.5 Å². The predicted molar refractivity (Wildman–Crippen MR) is 96.1 cm³/mol. The van der Waals surface area contributed by atoms with E-state index < -0.39 is 0 Å². The molecule has 2 amide bonds. The number of nitrogens with one attached hydrogen (secondary N) is 2. The van der Waals surface area contributed by atoms with E-state index in [9.17, 15) is 14.0 Å². The topological polar surface area (TPSA) is 58.2 Å². The molecule has 0 saturated carbocycles. The van der Waals surface area contributed by atoms with Gasteiger partial charge in [0.2, 0.25) is 0 Å². The molecule has 2 aromatic carbocycles. The van der Waals surface area contributed by atoms with Gasteiger partial charge in [-0.2, -0.15) is 0 Å². The highest BCUT2D eigenvalue weighted by Crippen LogP contribution is 2.09. The molecular weight excluding hydrogens is 319 g/mol. The summed E-state index contributed by atoms with van der Waals surface area (Å²) in [6.45, 7) is 4.44. The van der Waals surface area contributed by atoms with E-state index in [1.54, 1.807) is 42.5 Å². The van der Waals surface area contributed by atoms with Crippen molar-refractivity contribution in [2.24, 2.45) is 5.92 Å². The molecule has 0 bridgehead atoms. The lowest BCUT2D eigenvalue weighted by molar-refractivity contribution is -0.117. The van der Waals surface area contributed by atoms with Crippen molar-refractivity contribution in [3.8, 4) is 0 Å². The summed E-state index contributed by atoms with van der Waals surface area (Å²) in [5, 5.41) is 5.41. The van der Waals surface area contributed by atoms with Crippen LogP contribution in [0.2, 0.25) is 0 Å². The molecule has 0 aliphatic rings. The van der Waals surface area contributed by atoms with Gasteiger partial charge in [0.05, 0.1) is 0 Å². The smallest absolute Gasteiger partial charge is 0.267 e. The molecule has 0 atom stereocenters. The molecule has 0 fully saturated rings. The maximum absolute atomic E-state index is 13.1. The number of carbonyl (C=O) groups excluding carboxylic acids is 2. The summed E-state index contributed by atoms with van der Waals surface area (Å²) in [4.78, 5) is 24.8. The fourth-order valence-electron chi connectivity index (χ4n) is 2.06. The molecule has 2 N–H and O–H groups in total. The highest BCUT2D eigenvalue weighted by molar-refractivity contribution is 6.05. The molecule has 4 nitrogen and oxygen atoms in total. The Morgan fingerprint density at radius 3 is 2.28 bits per heavy atom. The molecule has 0 aliphatic heterocycles. The van der Waals surface area contributed by atoms with Crippen molar-refractivity contribution in [1.29, 1.82) is 0 Å². The molecule has 2 rings (SSSR count). The monoisotopic (exact) mass is 340 g/mol. The second-order valence-corrected chi connectivity index (χ2v) is 6.03. The summed E-state index contributed by atoms with van der Waals surface area (Å²) in [6, 6.07) is 14.3. The van der Waals surface area contributed by atoms with Gasteiger partial charge >= 0.3 is 0 Å². The Labute approximate surface area is 146 Å². The molecular formula is C20H21FN2O2. The average Bonchev–Trinajstić information content (AvgIpc) is 2.61. The van der Waals surface area contributed by atoms with Crippen molar-refractivity contribution in [1.82, 2.24) is 10.6 Å². The predicted octanol–water partition coefficient (Wildman–Crippen LogP) is 3.37. The van der Waals surface area contributed by atoms with Crippen LogP contribution in [0, 0.1) is 11.7 Å². The number of hydrogen-bond donors (Lipinski definition) is 2. The molecule has 130 valence electrons. The summed E-state index contributed by atoms with van der Waals surface area (Å²) < 4.78 is 13.1. The normalized spacial score (nSPS) is 11.3. The largest absolute Gasteiger partial charge is 0.351 e. The van der Waals surface area contributed by atoms with Crippen molar-refractivity contribution in [3.63, 3.8) is 0 Å². The van der Waals surface area contributed by atoms with Gasteiger partial charge in [-0.25, -0.2) is 4.39 Å². The Bertz CT molecular complexity index is 753. The van der Waals surface area contributed by atoms with Crippen LogP contribution < -0.4 is 10.6 Å². The molecule has 0 spiro atoms. The van der Waals surface area contributed by atoms with Crippen molar-refractivity contribution in [2.75, 3.05) is 6.54 Å². The lowest BCUT2D eigenvalue weighted by Crippen LogP contribution is -2.36. The number of amides is 2. The fraction of sp³-hybridized carbons (Fsp3) is 0.200. The van der Waals surface area contributed by atoms with Crippen molar-refractivity contribution in [3.05, 3.63) is 77.2 Å². The minimum absolute atomic E-state index is 0.112. The van der Waals surface area contributed by atoms with E-state index in [1.807, 2.05) is 13.8 Å². The fourth-order valence-corrected chi connectivity index (χ4v) is 2.06. The number of rotatable bonds is 6. The zero-order valence-electron chi connectivity index (χ0n) is 14.3. The van der Waals surface area contributed by atoms with Crippen LogP contribution in [0.3, 0.4) is 0 Å². The Morgan fingerprint density at radius 1 is 1.04 bits per heavy atom. The van der Waals surface area contributed by atoms with E-state index in [1.165, 1.54) is 18.2 Å². The Kier molecular flexibility index (Phi) is 6.46. The average molecular weight is 340 g/mol. The third kappa shape index (κ3) is 5.88. The molecule has 5 heteroatoms. The minimum Gasteiger partial charge on any atom is -0.351 e. The standard InChI is InChI=1S/C20H21FN2O2/c1-14(2)13-22-20(25)18(12-15-8-10-17(21)11-9-15)23-19(24)16-6-4-3-5-7-16/h3-12,14H,13H2,1-2H3,(H,22,25)(H,23,24). The van der Waals surface area contributed by atoms with Gasteiger partial charge in [0.25, 0.3) is 11.8 Å². The first-order chi connectivity index (χ1) is 12.0. The highest BCUT2D eigenvalue weighted by atomic mass is 19.1. The minimum atomic E-state index is -0.387. The van der Waals surface area contributed by atoms with E-state index >= 15 is 0 Å². The molecule has 2 aromatic rings. The van der Waals surface area contributed by atoms with Crippen LogP contribution >= 0.6 is 0 Å². The molecule has 0 saturated heterocycles. The molecule has 25 heavy (non-hydrogen) atoms. The van der Waals surface area contributed by atoms with E-state index in [-0.39, 0.29) is 29.2 Å². The van der Waals surface area contributed by atoms with Gasteiger partial charge in [-0.15, -0.1) is 0 Å². The summed E-state index contributed by atoms with van der Waals surface area (Å²) in [5.41, 5.74) is 1.18. The first-order valence-electron chi connectivity index (χ1n) is 8.07.